The molecule has 0 atom stereocenters. The van der Waals surface area contributed by atoms with Crippen LogP contribution in [-0.2, 0) is 4.79 Å². The molecule has 0 bridgehead atoms. The molecule has 0 aliphatic carbocycles. The molecular weight excluding hydrogens is 370 g/mol. The van der Waals surface area contributed by atoms with Crippen LogP contribution in [0.15, 0.2) is 22.8 Å². The van der Waals surface area contributed by atoms with Crippen LogP contribution in [-0.4, -0.2) is 21.2 Å². The highest BCUT2D eigenvalue weighted by atomic mass is 79.9. The van der Waals surface area contributed by atoms with Gasteiger partial charge in [0.15, 0.2) is 0 Å². The molecule has 2 aromatic rings. The standard InChI is InChI=1S/C8H5BrClNO.C8H16O2/c9-5-1-4-7(2-6(5)10)11-3-8(4)12;1-2-3-4-5-6-7-8(9)10/h1-3,11-12H;2-7H2,1H3,(H,9,10). The van der Waals surface area contributed by atoms with Crippen LogP contribution in [0.25, 0.3) is 10.9 Å². The highest BCUT2D eigenvalue weighted by Gasteiger charge is 2.05. The zero-order valence-corrected chi connectivity index (χ0v) is 14.9. The van der Waals surface area contributed by atoms with Gasteiger partial charge in [-0.25, -0.2) is 0 Å². The van der Waals surface area contributed by atoms with Crippen molar-refractivity contribution in [2.75, 3.05) is 0 Å². The Morgan fingerprint density at radius 1 is 1.27 bits per heavy atom. The van der Waals surface area contributed by atoms with Crippen LogP contribution in [0.5, 0.6) is 5.75 Å². The predicted molar refractivity (Wildman–Crippen MR) is 93.7 cm³/mol. The van der Waals surface area contributed by atoms with Crippen LogP contribution < -0.4 is 0 Å². The maximum atomic E-state index is 10.0. The number of halogens is 2. The van der Waals surface area contributed by atoms with Gasteiger partial charge in [0.1, 0.15) is 5.75 Å². The minimum absolute atomic E-state index is 0.238. The molecule has 122 valence electrons. The Bertz CT molecular complexity index is 613. The van der Waals surface area contributed by atoms with Crippen LogP contribution in [0.1, 0.15) is 45.4 Å². The quantitative estimate of drug-likeness (QED) is 0.552. The third kappa shape index (κ3) is 6.28. The average molecular weight is 391 g/mol. The molecule has 0 radical (unpaired) electrons. The first-order valence-corrected chi connectivity index (χ1v) is 8.49. The van der Waals surface area contributed by atoms with Gasteiger partial charge < -0.3 is 15.2 Å². The Morgan fingerprint density at radius 3 is 2.59 bits per heavy atom. The molecule has 1 aromatic heterocycles. The molecule has 0 unspecified atom stereocenters. The first-order chi connectivity index (χ1) is 10.5. The summed E-state index contributed by atoms with van der Waals surface area (Å²) < 4.78 is 0.784. The van der Waals surface area contributed by atoms with Gasteiger partial charge in [0.05, 0.1) is 10.5 Å². The van der Waals surface area contributed by atoms with Crippen LogP contribution >= 0.6 is 27.5 Å². The highest BCUT2D eigenvalue weighted by Crippen LogP contribution is 2.32. The molecule has 0 saturated carbocycles. The topological polar surface area (TPSA) is 73.3 Å². The fraction of sp³-hybridized carbons (Fsp3) is 0.438. The number of hydrogen-bond donors (Lipinski definition) is 3. The molecule has 3 N–H and O–H groups in total. The Hall–Kier alpha value is -1.20. The molecule has 4 nitrogen and oxygen atoms in total. The monoisotopic (exact) mass is 389 g/mol. The van der Waals surface area contributed by atoms with Crippen molar-refractivity contribution in [2.45, 2.75) is 45.4 Å². The van der Waals surface area contributed by atoms with E-state index in [4.69, 9.17) is 16.7 Å². The molecular formula is C16H21BrClNO3. The number of aromatic amines is 1. The zero-order chi connectivity index (χ0) is 16.5. The molecule has 0 amide bonds. The molecule has 1 heterocycles. The molecule has 0 spiro atoms. The lowest BCUT2D eigenvalue weighted by molar-refractivity contribution is -0.137. The van der Waals surface area contributed by atoms with Gasteiger partial charge in [0.25, 0.3) is 0 Å². The zero-order valence-electron chi connectivity index (χ0n) is 12.5. The Balaban J connectivity index is 0.000000225. The minimum atomic E-state index is -0.670. The van der Waals surface area contributed by atoms with Gasteiger partial charge in [-0.1, -0.05) is 44.2 Å². The van der Waals surface area contributed by atoms with Crippen molar-refractivity contribution in [3.05, 3.63) is 27.8 Å². The van der Waals surface area contributed by atoms with Gasteiger partial charge in [-0.2, -0.15) is 0 Å². The molecule has 22 heavy (non-hydrogen) atoms. The average Bonchev–Trinajstić information content (AvgIpc) is 2.81. The first kappa shape index (κ1) is 18.8. The lowest BCUT2D eigenvalue weighted by Crippen LogP contribution is -1.93. The van der Waals surface area contributed by atoms with E-state index in [2.05, 4.69) is 27.8 Å². The first-order valence-electron chi connectivity index (χ1n) is 7.32. The summed E-state index contributed by atoms with van der Waals surface area (Å²) in [5.74, 6) is -0.432. The summed E-state index contributed by atoms with van der Waals surface area (Å²) in [6, 6.07) is 3.55. The van der Waals surface area contributed by atoms with E-state index in [0.29, 0.717) is 11.4 Å². The Kier molecular flexibility index (Phi) is 8.35. The van der Waals surface area contributed by atoms with Crippen LogP contribution in [0, 0.1) is 0 Å². The third-order valence-electron chi connectivity index (χ3n) is 3.19. The van der Waals surface area contributed by atoms with Crippen molar-refractivity contribution in [2.24, 2.45) is 0 Å². The second kappa shape index (κ2) is 9.74. The second-order valence-corrected chi connectivity index (χ2v) is 6.31. The van der Waals surface area contributed by atoms with Gasteiger partial charge in [0.2, 0.25) is 0 Å². The number of hydrogen-bond acceptors (Lipinski definition) is 2. The summed E-state index contributed by atoms with van der Waals surface area (Å²) in [6.07, 6.45) is 7.42. The molecule has 6 heteroatoms. The SMILES string of the molecule is CCCCCCCC(=O)O.Oc1c[nH]c2cc(Cl)c(Br)cc12. The number of aromatic hydroxyl groups is 1. The molecule has 0 aliphatic heterocycles. The fourth-order valence-electron chi connectivity index (χ4n) is 1.98. The maximum absolute atomic E-state index is 10.0. The number of rotatable bonds is 6. The van der Waals surface area contributed by atoms with Crippen molar-refractivity contribution in [3.8, 4) is 5.75 Å². The number of fused-ring (bicyclic) bond motifs is 1. The van der Waals surface area contributed by atoms with Crippen molar-refractivity contribution in [1.82, 2.24) is 4.98 Å². The van der Waals surface area contributed by atoms with E-state index >= 15 is 0 Å². The molecule has 0 fully saturated rings. The van der Waals surface area contributed by atoms with Crippen LogP contribution in [0.2, 0.25) is 5.02 Å². The number of carboxylic acids is 1. The largest absolute Gasteiger partial charge is 0.506 e. The molecule has 0 aliphatic rings. The summed E-state index contributed by atoms with van der Waals surface area (Å²) in [6.45, 7) is 2.15. The van der Waals surface area contributed by atoms with Gasteiger partial charge in [-0.3, -0.25) is 4.79 Å². The van der Waals surface area contributed by atoms with E-state index in [1.165, 1.54) is 25.5 Å². The van der Waals surface area contributed by atoms with Gasteiger partial charge in [-0.05, 0) is 34.5 Å². The highest BCUT2D eigenvalue weighted by molar-refractivity contribution is 9.10. The summed E-state index contributed by atoms with van der Waals surface area (Å²) in [5, 5.41) is 19.0. The van der Waals surface area contributed by atoms with Crippen molar-refractivity contribution in [3.63, 3.8) is 0 Å². The van der Waals surface area contributed by atoms with Crippen molar-refractivity contribution >= 4 is 44.4 Å². The Morgan fingerprint density at radius 2 is 1.95 bits per heavy atom. The predicted octanol–water partition coefficient (Wildman–Crippen LogP) is 5.72. The van der Waals surface area contributed by atoms with Crippen LogP contribution in [0.4, 0.5) is 0 Å². The number of benzene rings is 1. The third-order valence-corrected chi connectivity index (χ3v) is 4.39. The minimum Gasteiger partial charge on any atom is -0.506 e. The second-order valence-electron chi connectivity index (χ2n) is 5.04. The van der Waals surface area contributed by atoms with E-state index in [1.54, 1.807) is 12.1 Å². The maximum Gasteiger partial charge on any atom is 0.303 e. The number of carbonyl (C=O) groups is 1. The smallest absolute Gasteiger partial charge is 0.303 e. The fourth-order valence-corrected chi connectivity index (χ4v) is 2.49. The number of aliphatic carboxylic acids is 1. The Labute approximate surface area is 143 Å². The van der Waals surface area contributed by atoms with E-state index in [-0.39, 0.29) is 5.75 Å². The molecule has 1 aromatic carbocycles. The number of aromatic nitrogens is 1. The van der Waals surface area contributed by atoms with E-state index in [1.807, 2.05) is 0 Å². The van der Waals surface area contributed by atoms with Crippen molar-refractivity contribution < 1.29 is 15.0 Å². The van der Waals surface area contributed by atoms with E-state index in [0.717, 1.165) is 28.2 Å². The van der Waals surface area contributed by atoms with Crippen LogP contribution in [0.3, 0.4) is 0 Å². The summed E-state index contributed by atoms with van der Waals surface area (Å²) in [4.78, 5) is 12.9. The molecule has 2 rings (SSSR count). The lowest BCUT2D eigenvalue weighted by atomic mass is 10.1. The summed E-state index contributed by atoms with van der Waals surface area (Å²) in [5.41, 5.74) is 0.834. The number of H-pyrrole nitrogens is 1. The number of nitrogens with one attached hydrogen (secondary N) is 1. The number of unbranched alkanes of at least 4 members (excludes halogenated alkanes) is 4. The van der Waals surface area contributed by atoms with Gasteiger partial charge in [0, 0.05) is 22.5 Å². The van der Waals surface area contributed by atoms with E-state index in [9.17, 15) is 9.90 Å². The van der Waals surface area contributed by atoms with Crippen molar-refractivity contribution in [1.29, 1.82) is 0 Å². The van der Waals surface area contributed by atoms with Gasteiger partial charge >= 0.3 is 5.97 Å². The lowest BCUT2D eigenvalue weighted by Gasteiger charge is -1.95. The molecule has 0 saturated heterocycles. The summed E-state index contributed by atoms with van der Waals surface area (Å²) >= 11 is 9.13. The van der Waals surface area contributed by atoms with E-state index < -0.39 is 5.97 Å². The number of carboxylic acid groups (broad SMARTS) is 1. The normalized spacial score (nSPS) is 10.3. The van der Waals surface area contributed by atoms with Gasteiger partial charge in [-0.15, -0.1) is 0 Å². The summed E-state index contributed by atoms with van der Waals surface area (Å²) in [7, 11) is 0.